The van der Waals surface area contributed by atoms with Crippen LogP contribution < -0.4 is 27.2 Å². The Labute approximate surface area is 536 Å². The van der Waals surface area contributed by atoms with Crippen molar-refractivity contribution in [1.29, 1.82) is 0 Å². The van der Waals surface area contributed by atoms with E-state index in [9.17, 15) is 115 Å². The van der Waals surface area contributed by atoms with Crippen molar-refractivity contribution in [3.63, 3.8) is 0 Å². The summed E-state index contributed by atoms with van der Waals surface area (Å²) in [6, 6.07) is 0.897. The highest BCUT2D eigenvalue weighted by atomic mass is 31.3. The Balaban J connectivity index is 0.000000278. The molecule has 8 rings (SSSR count). The van der Waals surface area contributed by atoms with Crippen molar-refractivity contribution in [2.75, 3.05) is 26.4 Å². The van der Waals surface area contributed by atoms with E-state index >= 15 is 0 Å². The Morgan fingerprint density at radius 3 is 1.07 bits per heavy atom. The number of H-pyrrole nitrogens is 1. The van der Waals surface area contributed by atoms with Crippen LogP contribution in [0, 0.1) is 0 Å². The highest BCUT2D eigenvalue weighted by Crippen LogP contribution is 2.67. The lowest BCUT2D eigenvalue weighted by atomic mass is 10.1. The van der Waals surface area contributed by atoms with Gasteiger partial charge in [-0.25, -0.2) is 49.7 Å². The fraction of sp³-hybridized carbons (Fsp3) is 0.525. The van der Waals surface area contributed by atoms with Gasteiger partial charge in [-0.3, -0.25) is 42.3 Å². The lowest BCUT2D eigenvalue weighted by molar-refractivity contribution is -0.210. The van der Waals surface area contributed by atoms with Gasteiger partial charge in [0.2, 0.25) is 0 Å². The first-order valence-corrected chi connectivity index (χ1v) is 34.1. The first kappa shape index (κ1) is 84.3. The molecule has 552 valence electrons. The Hall–Kier alpha value is -5.09. The van der Waals surface area contributed by atoms with Crippen LogP contribution >= 0.6 is 46.9 Å². The van der Waals surface area contributed by atoms with Crippen molar-refractivity contribution in [1.82, 2.24) is 40.2 Å². The fourth-order valence-electron chi connectivity index (χ4n) is 8.15. The second kappa shape index (κ2) is 31.4. The van der Waals surface area contributed by atoms with Gasteiger partial charge in [0.25, 0.3) is 46.7 Å². The molecule has 0 bridgehead atoms. The number of rotatable bonds is 20. The van der Waals surface area contributed by atoms with E-state index in [2.05, 4.69) is 66.9 Å². The van der Waals surface area contributed by atoms with Crippen molar-refractivity contribution in [3.8, 4) is 0 Å². The number of halogens is 4. The van der Waals surface area contributed by atoms with Crippen molar-refractivity contribution < 1.29 is 195 Å². The summed E-state index contributed by atoms with van der Waals surface area (Å²) >= 11 is 0. The average Bonchev–Trinajstić information content (AvgIpc) is 1.65. The highest BCUT2D eigenvalue weighted by molar-refractivity contribution is 7.66. The minimum absolute atomic E-state index is 0. The van der Waals surface area contributed by atoms with Gasteiger partial charge in [-0.15, -0.1) is 0 Å². The van der Waals surface area contributed by atoms with Crippen molar-refractivity contribution >= 4 is 64.7 Å². The lowest BCUT2D eigenvalue weighted by Crippen LogP contribution is -2.46. The number of nitrogens with zero attached hydrogens (tertiary/aromatic N) is 4. The van der Waals surface area contributed by atoms with Gasteiger partial charge >= 0.3 is 52.6 Å². The molecule has 3 unspecified atom stereocenters. The number of ether oxygens (including phenoxy) is 4. The number of phosphoric ester groups is 3. The Kier molecular flexibility index (Phi) is 27.3. The predicted molar refractivity (Wildman–Crippen MR) is 295 cm³/mol. The molecule has 3 amide bonds. The van der Waals surface area contributed by atoms with Crippen LogP contribution in [0.25, 0.3) is 0 Å². The Bertz CT molecular complexity index is 3650. The molecule has 22 N–H and O–H groups in total. The van der Waals surface area contributed by atoms with E-state index in [0.29, 0.717) is 4.57 Å². The molecule has 4 saturated heterocycles. The van der Waals surface area contributed by atoms with Crippen LogP contribution in [0.4, 0.5) is 17.6 Å². The molecule has 7 aliphatic rings. The number of hydrogen-bond donors (Lipinski definition) is 22. The van der Waals surface area contributed by atoms with Gasteiger partial charge in [-0.05, 0) is 0 Å². The molecule has 1 aromatic rings. The molecule has 4 fully saturated rings. The lowest BCUT2D eigenvalue weighted by Gasteiger charge is -2.32. The molecule has 19 atom stereocenters. The SMILES string of the molecule is C.C=C1NC(=O)C=CN1[C@@H]1O[C@](F)(CO)[C@@H](O)[C@H]1O.C=C1NC(=O)C=CN1[C@@H]1O[C@](F)(COP(=O)(O)OP(=O)(O)O)[C@@H](O)[C@H]1O.C=C1NC(=O)C=CN1[C@@H]1O[C@](F)(COP(=O)(O)OP(=O)(O)OP(=O)(O)O)[C@@H](O)[C@H]1O.O=c1ccn([C@@H]2O[C@](F)(COP(=O)(O)O)[C@@H](O)[C@H]2O)c(=O)[nH]1. The zero-order chi connectivity index (χ0) is 73.2. The third kappa shape index (κ3) is 22.0. The van der Waals surface area contributed by atoms with E-state index in [-0.39, 0.29) is 24.9 Å². The molecule has 0 spiro atoms. The Morgan fingerprint density at radius 1 is 0.464 bits per heavy atom. The fourth-order valence-corrected chi connectivity index (χ4v) is 13.1. The van der Waals surface area contributed by atoms with Crippen LogP contribution in [-0.4, -0.2) is 249 Å². The third-order valence-corrected chi connectivity index (χ3v) is 18.8. The predicted octanol–water partition coefficient (Wildman–Crippen LogP) is -6.80. The number of aromatic nitrogens is 2. The second-order valence-corrected chi connectivity index (χ2v) is 28.0. The topological polar surface area (TPSA) is 711 Å². The number of aromatic amines is 1. The number of aliphatic hydroxyl groups is 9. The maximum atomic E-state index is 14.9. The third-order valence-electron chi connectivity index (χ3n) is 12.5. The molecular weight excluding hydrogens is 1480 g/mol. The minimum atomic E-state index is -5.84. The summed E-state index contributed by atoms with van der Waals surface area (Å²) in [6.45, 7) is 4.71. The summed E-state index contributed by atoms with van der Waals surface area (Å²) in [5.41, 5.74) is -1.78. The van der Waals surface area contributed by atoms with Crippen LogP contribution in [-0.2, 0) is 87.2 Å². The number of carbonyl (C=O) groups excluding carboxylic acids is 3. The number of amides is 3. The van der Waals surface area contributed by atoms with Crippen LogP contribution in [0.15, 0.2) is 95.9 Å². The van der Waals surface area contributed by atoms with Crippen LogP contribution in [0.1, 0.15) is 13.7 Å². The van der Waals surface area contributed by atoms with Gasteiger partial charge < -0.3 is 140 Å². The quantitative estimate of drug-likeness (QED) is 0.0426. The number of nitrogens with one attached hydrogen (secondary N) is 4. The molecule has 8 heterocycles. The summed E-state index contributed by atoms with van der Waals surface area (Å²) in [7, 11) is -33.1. The number of alkyl halides is 4. The molecule has 97 heavy (non-hydrogen) atoms. The van der Waals surface area contributed by atoms with Gasteiger partial charge in [-0.2, -0.15) is 12.9 Å². The van der Waals surface area contributed by atoms with Gasteiger partial charge in [0.1, 0.15) is 92.7 Å². The van der Waals surface area contributed by atoms with Crippen molar-refractivity contribution in [2.24, 2.45) is 0 Å². The molecule has 7 aliphatic heterocycles. The Morgan fingerprint density at radius 2 is 0.763 bits per heavy atom. The molecule has 57 heteroatoms. The second-order valence-electron chi connectivity index (χ2n) is 19.5. The molecule has 1 aromatic heterocycles. The van der Waals surface area contributed by atoms with E-state index in [0.717, 1.165) is 57.6 Å². The smallest absolute Gasteiger partial charge is 0.390 e. The number of phosphoric acid groups is 6. The molecule has 0 aromatic carbocycles. The highest BCUT2D eigenvalue weighted by Gasteiger charge is 2.62. The van der Waals surface area contributed by atoms with E-state index in [1.54, 1.807) is 0 Å². The summed E-state index contributed by atoms with van der Waals surface area (Å²) in [5.74, 6) is -14.3. The van der Waals surface area contributed by atoms with Crippen molar-refractivity contribution in [2.45, 2.75) is 105 Å². The monoisotopic (exact) mass is 1540 g/mol. The van der Waals surface area contributed by atoms with E-state index < -0.39 is 199 Å². The average molecular weight is 1540 g/mol. The van der Waals surface area contributed by atoms with Crippen LogP contribution in [0.3, 0.4) is 0 Å². The van der Waals surface area contributed by atoms with Crippen LogP contribution in [0.5, 0.6) is 0 Å². The molecular formula is C40H60F4N8O39P6. The minimum Gasteiger partial charge on any atom is -0.390 e. The number of carbonyl (C=O) groups is 3. The van der Waals surface area contributed by atoms with Gasteiger partial charge in [0.05, 0.1) is 0 Å². The molecule has 47 nitrogen and oxygen atoms in total. The summed E-state index contributed by atoms with van der Waals surface area (Å²) in [5, 5.41) is 93.9. The maximum Gasteiger partial charge on any atom is 0.490 e. The van der Waals surface area contributed by atoms with E-state index in [4.69, 9.17) is 58.5 Å². The molecule has 0 aliphatic carbocycles. The van der Waals surface area contributed by atoms with Gasteiger partial charge in [0.15, 0.2) is 24.9 Å². The zero-order valence-corrected chi connectivity index (χ0v) is 52.5. The largest absolute Gasteiger partial charge is 0.490 e. The molecule has 0 radical (unpaired) electrons. The van der Waals surface area contributed by atoms with E-state index in [1.807, 2.05) is 4.98 Å². The first-order valence-electron chi connectivity index (χ1n) is 25.1. The first-order chi connectivity index (χ1) is 43.6. The summed E-state index contributed by atoms with van der Waals surface area (Å²) < 4.78 is 166. The number of hydrogen-bond acceptors (Lipinski definition) is 33. The van der Waals surface area contributed by atoms with E-state index in [1.165, 1.54) is 6.20 Å². The van der Waals surface area contributed by atoms with Crippen molar-refractivity contribution in [3.05, 3.63) is 107 Å². The standard InChI is InChI=1S/C10H16FN2O14P3.C10H15FN2O11P2.C10H13FN2O5.C9H12FN2O9P.CH4/c1-5-12-6(14)2-3-13(5)9-7(15)8(16)10(11,25-9)4-24-29(20,21)27-30(22,23)26-28(17,18)19;1-5-12-6(14)2-3-13(5)9-7(15)8(16)10(11,23-9)4-22-26(20,21)24-25(17,18)19;1-5-12-6(15)2-3-13(5)9-7(16)8(17)10(11,4-14)18-9;10-9(3-20-22(17,18)19)6(15)5(14)7(21-9)12-2-1-4(13)11-8(12)16;/h2-3,7-9,15-16H,1,4H2,(H,12,14)(H,20,21)(H,22,23)(H2,17,18,19);2-3,7-9,15-16H,1,4H2,(H,12,14)(H,20,21)(H2,17,18,19);2-3,7-9,14,16-17H,1,4H2,(H,12,15);1-2,5-7,14-15H,3H2,(H,11,13,16)(H2,17,18,19);1H4/t3*7-,8+,9-,10-;5-,6+,7-,9-;/m1111./s1. The normalized spacial score (nSPS) is 34.6. The summed E-state index contributed by atoms with van der Waals surface area (Å²) in [6.07, 6.45) is -15.3. The number of aliphatic hydroxyl groups excluding tert-OH is 9. The maximum absolute atomic E-state index is 14.9. The van der Waals surface area contributed by atoms with Gasteiger partial charge in [-0.1, -0.05) is 27.2 Å². The molecule has 0 saturated carbocycles. The summed E-state index contributed by atoms with van der Waals surface area (Å²) in [4.78, 5) is 139. The zero-order valence-electron chi connectivity index (χ0n) is 47.1. The van der Waals surface area contributed by atoms with Crippen LogP contribution in [0.2, 0.25) is 0 Å². The van der Waals surface area contributed by atoms with Gasteiger partial charge in [0, 0.05) is 49.1 Å².